The maximum atomic E-state index is 13.3. The fourth-order valence-electron chi connectivity index (χ4n) is 1.59. The quantitative estimate of drug-likeness (QED) is 0.726. The summed E-state index contributed by atoms with van der Waals surface area (Å²) in [7, 11) is 0. The van der Waals surface area contributed by atoms with Gasteiger partial charge in [0.2, 0.25) is 0 Å². The highest BCUT2D eigenvalue weighted by atomic mass is 19.1. The first-order valence-corrected chi connectivity index (χ1v) is 6.15. The summed E-state index contributed by atoms with van der Waals surface area (Å²) < 4.78 is 30.9. The Labute approximate surface area is 115 Å². The second-order valence-corrected chi connectivity index (χ2v) is 4.72. The lowest BCUT2D eigenvalue weighted by molar-refractivity contribution is -0.00388. The minimum absolute atomic E-state index is 0.0445. The normalized spacial score (nSPS) is 15.3. The third kappa shape index (κ3) is 5.10. The summed E-state index contributed by atoms with van der Waals surface area (Å²) in [4.78, 5) is 11.6. The molecule has 0 saturated heterocycles. The van der Waals surface area contributed by atoms with Crippen LogP contribution in [0.25, 0.3) is 0 Å². The summed E-state index contributed by atoms with van der Waals surface area (Å²) in [6.07, 6.45) is -1.18. The molecule has 0 radical (unpaired) electrons. The van der Waals surface area contributed by atoms with Crippen molar-refractivity contribution in [1.82, 2.24) is 0 Å². The van der Waals surface area contributed by atoms with E-state index in [4.69, 9.17) is 10.5 Å². The summed E-state index contributed by atoms with van der Waals surface area (Å²) in [6, 6.07) is 2.71. The van der Waals surface area contributed by atoms with Crippen LogP contribution >= 0.6 is 0 Å². The predicted octanol–water partition coefficient (Wildman–Crippen LogP) is 2.35. The fraction of sp³-hybridized carbons (Fsp3) is 0.462. The number of ether oxygens (including phenoxy) is 1. The lowest BCUT2D eigenvalue weighted by Crippen LogP contribution is -2.45. The number of aliphatic hydroxyl groups is 1. The van der Waals surface area contributed by atoms with Gasteiger partial charge in [-0.2, -0.15) is 0 Å². The van der Waals surface area contributed by atoms with Gasteiger partial charge in [-0.25, -0.2) is 13.6 Å². The number of anilines is 1. The van der Waals surface area contributed by atoms with Gasteiger partial charge in [-0.15, -0.1) is 0 Å². The molecule has 0 fully saturated rings. The molecule has 1 aromatic rings. The first-order chi connectivity index (χ1) is 9.23. The van der Waals surface area contributed by atoms with E-state index in [-0.39, 0.29) is 12.1 Å². The SMILES string of the molecule is CCC(O)CC(C)(N)OC(=O)Nc1ccc(F)cc1F. The number of amides is 1. The van der Waals surface area contributed by atoms with Crippen LogP contribution in [-0.4, -0.2) is 23.0 Å². The highest BCUT2D eigenvalue weighted by Gasteiger charge is 2.27. The Balaban J connectivity index is 2.63. The van der Waals surface area contributed by atoms with E-state index in [0.29, 0.717) is 12.5 Å². The monoisotopic (exact) mass is 288 g/mol. The molecule has 1 amide bonds. The van der Waals surface area contributed by atoms with E-state index < -0.39 is 29.6 Å². The molecule has 0 bridgehead atoms. The number of aliphatic hydroxyl groups excluding tert-OH is 1. The maximum Gasteiger partial charge on any atom is 0.413 e. The van der Waals surface area contributed by atoms with Crippen LogP contribution in [0.15, 0.2) is 18.2 Å². The van der Waals surface area contributed by atoms with Crippen molar-refractivity contribution in [2.45, 2.75) is 38.5 Å². The molecule has 20 heavy (non-hydrogen) atoms. The van der Waals surface area contributed by atoms with Crippen LogP contribution in [0.2, 0.25) is 0 Å². The molecule has 0 aromatic heterocycles. The maximum absolute atomic E-state index is 13.3. The number of nitrogens with two attached hydrogens (primary N) is 1. The molecule has 1 aromatic carbocycles. The fourth-order valence-corrected chi connectivity index (χ4v) is 1.59. The number of benzene rings is 1. The van der Waals surface area contributed by atoms with E-state index in [2.05, 4.69) is 5.32 Å². The van der Waals surface area contributed by atoms with Crippen molar-refractivity contribution in [3.05, 3.63) is 29.8 Å². The predicted molar refractivity (Wildman–Crippen MR) is 70.0 cm³/mol. The van der Waals surface area contributed by atoms with Crippen LogP contribution in [0.5, 0.6) is 0 Å². The van der Waals surface area contributed by atoms with Gasteiger partial charge >= 0.3 is 6.09 Å². The van der Waals surface area contributed by atoms with E-state index >= 15 is 0 Å². The summed E-state index contributed by atoms with van der Waals surface area (Å²) in [5.74, 6) is -1.68. The molecule has 0 heterocycles. The van der Waals surface area contributed by atoms with E-state index in [9.17, 15) is 18.7 Å². The largest absolute Gasteiger partial charge is 0.428 e. The second-order valence-electron chi connectivity index (χ2n) is 4.72. The lowest BCUT2D eigenvalue weighted by Gasteiger charge is -2.26. The average Bonchev–Trinajstić information content (AvgIpc) is 2.31. The van der Waals surface area contributed by atoms with Gasteiger partial charge in [-0.1, -0.05) is 6.92 Å². The Hall–Kier alpha value is -1.73. The van der Waals surface area contributed by atoms with Gasteiger partial charge in [0, 0.05) is 12.5 Å². The van der Waals surface area contributed by atoms with Crippen molar-refractivity contribution in [3.8, 4) is 0 Å². The molecule has 0 spiro atoms. The zero-order valence-corrected chi connectivity index (χ0v) is 11.3. The topological polar surface area (TPSA) is 84.6 Å². The second kappa shape index (κ2) is 6.62. The van der Waals surface area contributed by atoms with Crippen LogP contribution in [0.3, 0.4) is 0 Å². The van der Waals surface area contributed by atoms with Crippen LogP contribution in [0, 0.1) is 11.6 Å². The first-order valence-electron chi connectivity index (χ1n) is 6.15. The molecule has 112 valence electrons. The zero-order valence-electron chi connectivity index (χ0n) is 11.3. The van der Waals surface area contributed by atoms with E-state index in [1.54, 1.807) is 6.92 Å². The van der Waals surface area contributed by atoms with Crippen LogP contribution in [0.1, 0.15) is 26.7 Å². The summed E-state index contributed by atoms with van der Waals surface area (Å²) >= 11 is 0. The Morgan fingerprint density at radius 3 is 2.75 bits per heavy atom. The number of hydrogen-bond acceptors (Lipinski definition) is 4. The van der Waals surface area contributed by atoms with Gasteiger partial charge < -0.3 is 9.84 Å². The standard InChI is InChI=1S/C13H18F2N2O3/c1-3-9(18)7-13(2,16)20-12(19)17-11-5-4-8(14)6-10(11)15/h4-6,9,18H,3,7,16H2,1-2H3,(H,17,19). The zero-order chi connectivity index (χ0) is 15.3. The van der Waals surface area contributed by atoms with Crippen LogP contribution in [-0.2, 0) is 4.74 Å². The number of carbonyl (C=O) groups excluding carboxylic acids is 1. The van der Waals surface area contributed by atoms with Crippen LogP contribution in [0.4, 0.5) is 19.3 Å². The molecule has 0 aliphatic heterocycles. The Morgan fingerprint density at radius 2 is 2.20 bits per heavy atom. The molecule has 0 saturated carbocycles. The summed E-state index contributed by atoms with van der Waals surface area (Å²) in [5, 5.41) is 11.6. The molecule has 7 heteroatoms. The van der Waals surface area contributed by atoms with Gasteiger partial charge in [-0.05, 0) is 25.5 Å². The molecular weight excluding hydrogens is 270 g/mol. The number of nitrogens with one attached hydrogen (secondary N) is 1. The Morgan fingerprint density at radius 1 is 1.55 bits per heavy atom. The van der Waals surface area contributed by atoms with Gasteiger partial charge in [0.1, 0.15) is 11.6 Å². The number of hydrogen-bond donors (Lipinski definition) is 3. The third-order valence-corrected chi connectivity index (χ3v) is 2.61. The summed E-state index contributed by atoms with van der Waals surface area (Å²) in [5.41, 5.74) is 4.10. The molecule has 0 aliphatic rings. The van der Waals surface area contributed by atoms with Crippen molar-refractivity contribution < 1.29 is 23.4 Å². The van der Waals surface area contributed by atoms with Crippen molar-refractivity contribution in [3.63, 3.8) is 0 Å². The summed E-state index contributed by atoms with van der Waals surface area (Å²) in [6.45, 7) is 3.18. The smallest absolute Gasteiger partial charge is 0.413 e. The minimum Gasteiger partial charge on any atom is -0.428 e. The minimum atomic E-state index is -1.39. The van der Waals surface area contributed by atoms with Crippen molar-refractivity contribution in [2.24, 2.45) is 5.73 Å². The van der Waals surface area contributed by atoms with Crippen LogP contribution < -0.4 is 11.1 Å². The van der Waals surface area contributed by atoms with Gasteiger partial charge in [-0.3, -0.25) is 11.1 Å². The number of halogens is 2. The molecule has 0 aliphatic carbocycles. The van der Waals surface area contributed by atoms with Gasteiger partial charge in [0.05, 0.1) is 11.8 Å². The molecule has 2 atom stereocenters. The van der Waals surface area contributed by atoms with Crippen molar-refractivity contribution >= 4 is 11.8 Å². The highest BCUT2D eigenvalue weighted by Crippen LogP contribution is 2.18. The molecule has 4 N–H and O–H groups in total. The molecule has 1 rings (SSSR count). The molecule has 5 nitrogen and oxygen atoms in total. The first kappa shape index (κ1) is 16.3. The number of rotatable bonds is 5. The highest BCUT2D eigenvalue weighted by molar-refractivity contribution is 5.84. The van der Waals surface area contributed by atoms with Gasteiger partial charge in [0.25, 0.3) is 0 Å². The Bertz CT molecular complexity index is 481. The van der Waals surface area contributed by atoms with Crippen molar-refractivity contribution in [1.29, 1.82) is 0 Å². The molecular formula is C13H18F2N2O3. The van der Waals surface area contributed by atoms with E-state index in [1.807, 2.05) is 0 Å². The van der Waals surface area contributed by atoms with E-state index in [0.717, 1.165) is 12.1 Å². The van der Waals surface area contributed by atoms with Crippen molar-refractivity contribution in [2.75, 3.05) is 5.32 Å². The van der Waals surface area contributed by atoms with Gasteiger partial charge in [0.15, 0.2) is 5.72 Å². The lowest BCUT2D eigenvalue weighted by atomic mass is 10.1. The average molecular weight is 288 g/mol. The van der Waals surface area contributed by atoms with E-state index in [1.165, 1.54) is 6.92 Å². The third-order valence-electron chi connectivity index (χ3n) is 2.61. The number of carbonyl (C=O) groups is 1. The molecule has 2 unspecified atom stereocenters. The Kier molecular flexibility index (Phi) is 5.41.